The molecule has 1 aromatic carbocycles. The van der Waals surface area contributed by atoms with E-state index in [1.807, 2.05) is 17.9 Å². The lowest BCUT2D eigenvalue weighted by Crippen LogP contribution is -2.39. The van der Waals surface area contributed by atoms with Crippen molar-refractivity contribution in [2.75, 3.05) is 27.3 Å². The molecule has 1 aromatic rings. The van der Waals surface area contributed by atoms with E-state index in [9.17, 15) is 4.79 Å². The summed E-state index contributed by atoms with van der Waals surface area (Å²) in [4.78, 5) is 14.3. The van der Waals surface area contributed by atoms with Crippen LogP contribution in [-0.2, 0) is 6.42 Å². The zero-order chi connectivity index (χ0) is 14.7. The fourth-order valence-corrected chi connectivity index (χ4v) is 2.43. The number of hydrogen-bond donors (Lipinski definition) is 1. The first-order valence-corrected chi connectivity index (χ1v) is 6.86. The molecule has 0 bridgehead atoms. The number of nitrogens with zero attached hydrogens (tertiary/aromatic N) is 1. The molecule has 1 amide bonds. The van der Waals surface area contributed by atoms with Crippen LogP contribution in [0.4, 0.5) is 0 Å². The van der Waals surface area contributed by atoms with Crippen LogP contribution in [0.2, 0.25) is 0 Å². The summed E-state index contributed by atoms with van der Waals surface area (Å²) in [7, 11) is 3.18. The number of rotatable bonds is 5. The van der Waals surface area contributed by atoms with Gasteiger partial charge in [-0.05, 0) is 37.5 Å². The lowest BCUT2D eigenvalue weighted by atomic mass is 9.97. The zero-order valence-corrected chi connectivity index (χ0v) is 12.3. The van der Waals surface area contributed by atoms with Gasteiger partial charge in [0.2, 0.25) is 0 Å². The average Bonchev–Trinajstić information content (AvgIpc) is 2.45. The monoisotopic (exact) mass is 278 g/mol. The molecule has 5 nitrogen and oxygen atoms in total. The largest absolute Gasteiger partial charge is 0.493 e. The van der Waals surface area contributed by atoms with Gasteiger partial charge in [-0.25, -0.2) is 0 Å². The molecule has 0 aromatic heterocycles. The minimum absolute atomic E-state index is 0.0489. The highest BCUT2D eigenvalue weighted by atomic mass is 16.5. The molecule has 1 aliphatic rings. The van der Waals surface area contributed by atoms with Crippen molar-refractivity contribution in [3.63, 3.8) is 0 Å². The number of benzene rings is 1. The molecule has 0 radical (unpaired) electrons. The van der Waals surface area contributed by atoms with Crippen molar-refractivity contribution in [2.45, 2.75) is 25.8 Å². The first-order valence-electron chi connectivity index (χ1n) is 6.86. The molecule has 0 saturated carbocycles. The molecular weight excluding hydrogens is 256 g/mol. The molecule has 0 fully saturated rings. The minimum atomic E-state index is 0.0489. The molecule has 2 N–H and O–H groups in total. The van der Waals surface area contributed by atoms with Crippen LogP contribution >= 0.6 is 0 Å². The minimum Gasteiger partial charge on any atom is -0.493 e. The topological polar surface area (TPSA) is 64.8 Å². The number of methoxy groups -OCH3 is 2. The average molecular weight is 278 g/mol. The molecule has 0 aliphatic carbocycles. The van der Waals surface area contributed by atoms with Crippen molar-refractivity contribution >= 4 is 5.91 Å². The molecule has 2 rings (SSSR count). The summed E-state index contributed by atoms with van der Waals surface area (Å²) in [6, 6.07) is 3.78. The summed E-state index contributed by atoms with van der Waals surface area (Å²) in [5.74, 6) is 1.31. The summed E-state index contributed by atoms with van der Waals surface area (Å²) < 4.78 is 10.5. The van der Waals surface area contributed by atoms with Gasteiger partial charge in [0.15, 0.2) is 11.5 Å². The Bertz CT molecular complexity index is 500. The summed E-state index contributed by atoms with van der Waals surface area (Å²) in [5, 5.41) is 0. The molecule has 0 spiro atoms. The van der Waals surface area contributed by atoms with Crippen LogP contribution in [-0.4, -0.2) is 44.2 Å². The Labute approximate surface area is 119 Å². The third-order valence-corrected chi connectivity index (χ3v) is 3.63. The van der Waals surface area contributed by atoms with E-state index in [1.165, 1.54) is 0 Å². The number of carbonyl (C=O) groups excluding carboxylic acids is 1. The Morgan fingerprint density at radius 2 is 1.95 bits per heavy atom. The summed E-state index contributed by atoms with van der Waals surface area (Å²) in [6.45, 7) is 3.38. The van der Waals surface area contributed by atoms with Gasteiger partial charge < -0.3 is 20.1 Å². The second-order valence-corrected chi connectivity index (χ2v) is 5.17. The Kier molecular flexibility index (Phi) is 4.49. The van der Waals surface area contributed by atoms with Crippen molar-refractivity contribution in [2.24, 2.45) is 5.73 Å². The van der Waals surface area contributed by atoms with E-state index in [4.69, 9.17) is 15.2 Å². The predicted molar refractivity (Wildman–Crippen MR) is 77.4 cm³/mol. The quantitative estimate of drug-likeness (QED) is 0.885. The Morgan fingerprint density at radius 3 is 2.55 bits per heavy atom. The highest BCUT2D eigenvalue weighted by molar-refractivity contribution is 5.97. The van der Waals surface area contributed by atoms with Crippen LogP contribution in [0.25, 0.3) is 0 Å². The standard InChI is InChI=1S/C15H22N2O3/c1-10(16)4-6-17-7-5-11-8-13(19-2)14(20-3)9-12(11)15(17)18/h8-10H,4-7,16H2,1-3H3. The van der Waals surface area contributed by atoms with Gasteiger partial charge in [-0.15, -0.1) is 0 Å². The molecule has 20 heavy (non-hydrogen) atoms. The van der Waals surface area contributed by atoms with Gasteiger partial charge >= 0.3 is 0 Å². The second-order valence-electron chi connectivity index (χ2n) is 5.17. The summed E-state index contributed by atoms with van der Waals surface area (Å²) >= 11 is 0. The number of fused-ring (bicyclic) bond motifs is 1. The molecule has 0 saturated heterocycles. The fourth-order valence-electron chi connectivity index (χ4n) is 2.43. The summed E-state index contributed by atoms with van der Waals surface area (Å²) in [6.07, 6.45) is 1.65. The van der Waals surface area contributed by atoms with E-state index in [0.29, 0.717) is 23.6 Å². The molecular formula is C15H22N2O3. The molecule has 5 heteroatoms. The van der Waals surface area contributed by atoms with E-state index in [-0.39, 0.29) is 11.9 Å². The Balaban J connectivity index is 2.25. The van der Waals surface area contributed by atoms with Gasteiger partial charge in [0.05, 0.1) is 14.2 Å². The highest BCUT2D eigenvalue weighted by Gasteiger charge is 2.26. The third-order valence-electron chi connectivity index (χ3n) is 3.63. The van der Waals surface area contributed by atoms with E-state index < -0.39 is 0 Å². The Morgan fingerprint density at radius 1 is 1.30 bits per heavy atom. The Hall–Kier alpha value is -1.75. The van der Waals surface area contributed by atoms with Gasteiger partial charge in [-0.2, -0.15) is 0 Å². The van der Waals surface area contributed by atoms with Crippen molar-refractivity contribution in [3.8, 4) is 11.5 Å². The lowest BCUT2D eigenvalue weighted by molar-refractivity contribution is 0.0735. The maximum Gasteiger partial charge on any atom is 0.254 e. The number of hydrogen-bond acceptors (Lipinski definition) is 4. The van der Waals surface area contributed by atoms with Crippen molar-refractivity contribution in [3.05, 3.63) is 23.3 Å². The molecule has 110 valence electrons. The normalized spacial score (nSPS) is 15.8. The number of nitrogens with two attached hydrogens (primary N) is 1. The maximum absolute atomic E-state index is 12.5. The smallest absolute Gasteiger partial charge is 0.254 e. The first kappa shape index (κ1) is 14.7. The third kappa shape index (κ3) is 2.88. The van der Waals surface area contributed by atoms with Gasteiger partial charge in [0.1, 0.15) is 0 Å². The van der Waals surface area contributed by atoms with Crippen LogP contribution in [0.3, 0.4) is 0 Å². The second kappa shape index (κ2) is 6.13. The van der Waals surface area contributed by atoms with Gasteiger partial charge in [-0.3, -0.25) is 4.79 Å². The van der Waals surface area contributed by atoms with Crippen LogP contribution < -0.4 is 15.2 Å². The molecule has 1 heterocycles. The van der Waals surface area contributed by atoms with Crippen molar-refractivity contribution in [1.82, 2.24) is 4.90 Å². The number of ether oxygens (including phenoxy) is 2. The molecule has 1 atom stereocenters. The first-order chi connectivity index (χ1) is 9.56. The summed E-state index contributed by atoms with van der Waals surface area (Å²) in [5.41, 5.74) is 7.48. The van der Waals surface area contributed by atoms with Crippen LogP contribution in [0.1, 0.15) is 29.3 Å². The lowest BCUT2D eigenvalue weighted by Gasteiger charge is -2.29. The highest BCUT2D eigenvalue weighted by Crippen LogP contribution is 2.33. The molecule has 1 aliphatic heterocycles. The zero-order valence-electron chi connectivity index (χ0n) is 12.3. The number of carbonyl (C=O) groups is 1. The van der Waals surface area contributed by atoms with Crippen LogP contribution in [0.15, 0.2) is 12.1 Å². The predicted octanol–water partition coefficient (Wildman–Crippen LogP) is 1.44. The van der Waals surface area contributed by atoms with Gasteiger partial charge in [0.25, 0.3) is 5.91 Å². The van der Waals surface area contributed by atoms with E-state index in [0.717, 1.165) is 24.9 Å². The SMILES string of the molecule is COc1cc2c(cc1OC)C(=O)N(CCC(C)N)CC2. The van der Waals surface area contributed by atoms with Gasteiger partial charge in [-0.1, -0.05) is 0 Å². The van der Waals surface area contributed by atoms with E-state index >= 15 is 0 Å². The van der Waals surface area contributed by atoms with Gasteiger partial charge in [0, 0.05) is 24.7 Å². The van der Waals surface area contributed by atoms with Crippen molar-refractivity contribution in [1.29, 1.82) is 0 Å². The molecule has 1 unspecified atom stereocenters. The van der Waals surface area contributed by atoms with Crippen molar-refractivity contribution < 1.29 is 14.3 Å². The van der Waals surface area contributed by atoms with Crippen LogP contribution in [0.5, 0.6) is 11.5 Å². The maximum atomic E-state index is 12.5. The van der Waals surface area contributed by atoms with E-state index in [1.54, 1.807) is 20.3 Å². The van der Waals surface area contributed by atoms with E-state index in [2.05, 4.69) is 0 Å². The number of amides is 1. The van der Waals surface area contributed by atoms with Crippen LogP contribution in [0, 0.1) is 0 Å². The fraction of sp³-hybridized carbons (Fsp3) is 0.533.